The molecule has 3 aromatic rings. The van der Waals surface area contributed by atoms with Crippen LogP contribution in [0, 0.1) is 11.7 Å². The monoisotopic (exact) mass is 617 g/mol. The van der Waals surface area contributed by atoms with Gasteiger partial charge in [-0.3, -0.25) is 13.9 Å². The van der Waals surface area contributed by atoms with Crippen LogP contribution in [0.2, 0.25) is 0 Å². The number of carbonyl (C=O) groups is 2. The number of hydrogen-bond acceptors (Lipinski definition) is 4. The fraction of sp³-hybridized carbons (Fsp3) is 0.310. The van der Waals surface area contributed by atoms with Crippen molar-refractivity contribution in [1.82, 2.24) is 10.2 Å². The molecule has 0 fully saturated rings. The van der Waals surface area contributed by atoms with Crippen molar-refractivity contribution < 1.29 is 22.4 Å². The summed E-state index contributed by atoms with van der Waals surface area (Å²) >= 11 is 3.34. The van der Waals surface area contributed by atoms with E-state index in [2.05, 4.69) is 21.2 Å². The second-order valence-corrected chi connectivity index (χ2v) is 12.5. The zero-order chi connectivity index (χ0) is 28.6. The minimum Gasteiger partial charge on any atom is -0.354 e. The zero-order valence-electron chi connectivity index (χ0n) is 22.2. The van der Waals surface area contributed by atoms with Gasteiger partial charge in [-0.1, -0.05) is 84.4 Å². The number of sulfonamides is 1. The number of rotatable bonds is 12. The molecule has 0 aromatic heterocycles. The van der Waals surface area contributed by atoms with Crippen LogP contribution >= 0.6 is 15.9 Å². The fourth-order valence-corrected chi connectivity index (χ4v) is 5.26. The van der Waals surface area contributed by atoms with E-state index in [0.717, 1.165) is 16.1 Å². The molecule has 0 spiro atoms. The topological polar surface area (TPSA) is 86.8 Å². The highest BCUT2D eigenvalue weighted by Gasteiger charge is 2.33. The molecule has 0 saturated heterocycles. The number of halogens is 2. The van der Waals surface area contributed by atoms with Gasteiger partial charge in [0, 0.05) is 29.5 Å². The lowest BCUT2D eigenvalue weighted by Crippen LogP contribution is -2.53. The number of anilines is 1. The maximum absolute atomic E-state index is 14.8. The molecule has 0 unspecified atom stereocenters. The third-order valence-corrected chi connectivity index (χ3v) is 7.66. The maximum atomic E-state index is 14.8. The average molecular weight is 619 g/mol. The first-order chi connectivity index (χ1) is 18.5. The number of nitrogens with one attached hydrogen (secondary N) is 1. The summed E-state index contributed by atoms with van der Waals surface area (Å²) in [6, 6.07) is 20.8. The second-order valence-electron chi connectivity index (χ2n) is 9.71. The molecular weight excluding hydrogens is 585 g/mol. The van der Waals surface area contributed by atoms with Crippen molar-refractivity contribution in [3.63, 3.8) is 0 Å². The maximum Gasteiger partial charge on any atom is 0.244 e. The van der Waals surface area contributed by atoms with E-state index in [-0.39, 0.29) is 30.1 Å². The van der Waals surface area contributed by atoms with Crippen LogP contribution in [0.5, 0.6) is 0 Å². The summed E-state index contributed by atoms with van der Waals surface area (Å²) in [5, 5.41) is 2.90. The van der Waals surface area contributed by atoms with Crippen LogP contribution in [0.4, 0.5) is 10.1 Å². The zero-order valence-corrected chi connectivity index (χ0v) is 24.6. The fourth-order valence-electron chi connectivity index (χ4n) is 4.03. The Kier molecular flexibility index (Phi) is 10.7. The predicted molar refractivity (Wildman–Crippen MR) is 155 cm³/mol. The van der Waals surface area contributed by atoms with Gasteiger partial charge in [0.1, 0.15) is 18.4 Å². The Morgan fingerprint density at radius 3 is 2.26 bits per heavy atom. The third kappa shape index (κ3) is 8.90. The van der Waals surface area contributed by atoms with Crippen molar-refractivity contribution in [2.24, 2.45) is 5.92 Å². The molecule has 7 nitrogen and oxygen atoms in total. The highest BCUT2D eigenvalue weighted by Crippen LogP contribution is 2.24. The van der Waals surface area contributed by atoms with E-state index < -0.39 is 40.2 Å². The Balaban J connectivity index is 2.06. The van der Waals surface area contributed by atoms with Crippen LogP contribution in [0.3, 0.4) is 0 Å². The van der Waals surface area contributed by atoms with Crippen LogP contribution in [-0.4, -0.2) is 50.5 Å². The van der Waals surface area contributed by atoms with Gasteiger partial charge in [0.15, 0.2) is 0 Å². The molecule has 0 bridgehead atoms. The van der Waals surface area contributed by atoms with Gasteiger partial charge < -0.3 is 10.2 Å². The van der Waals surface area contributed by atoms with Gasteiger partial charge in [-0.2, -0.15) is 0 Å². The summed E-state index contributed by atoms with van der Waals surface area (Å²) in [7, 11) is -3.88. The van der Waals surface area contributed by atoms with Gasteiger partial charge in [0.2, 0.25) is 21.8 Å². The summed E-state index contributed by atoms with van der Waals surface area (Å²) < 4.78 is 42.0. The lowest BCUT2D eigenvalue weighted by molar-refractivity contribution is -0.140. The van der Waals surface area contributed by atoms with E-state index in [0.29, 0.717) is 11.0 Å². The SMILES string of the molecule is CC(C)CNC(=O)[C@H](Cc1ccccc1)N(Cc1ccccc1F)C(=O)CN(c1cccc(Br)c1)S(C)(=O)=O. The molecule has 1 N–H and O–H groups in total. The van der Waals surface area contributed by atoms with Crippen LogP contribution < -0.4 is 9.62 Å². The Hall–Kier alpha value is -3.24. The molecule has 10 heteroatoms. The lowest BCUT2D eigenvalue weighted by Gasteiger charge is -2.33. The average Bonchev–Trinajstić information content (AvgIpc) is 2.88. The van der Waals surface area contributed by atoms with E-state index in [1.54, 1.807) is 42.5 Å². The Bertz CT molecular complexity index is 1390. The Morgan fingerprint density at radius 2 is 1.64 bits per heavy atom. The summed E-state index contributed by atoms with van der Waals surface area (Å²) in [4.78, 5) is 28.8. The van der Waals surface area contributed by atoms with Crippen molar-refractivity contribution in [2.75, 3.05) is 23.7 Å². The van der Waals surface area contributed by atoms with Gasteiger partial charge in [0.05, 0.1) is 11.9 Å². The third-order valence-electron chi connectivity index (χ3n) is 6.03. The minimum absolute atomic E-state index is 0.166. The molecule has 0 aliphatic rings. The van der Waals surface area contributed by atoms with Crippen molar-refractivity contribution in [3.05, 3.63) is 100 Å². The molecule has 1 atom stereocenters. The largest absolute Gasteiger partial charge is 0.354 e. The number of carbonyl (C=O) groups excluding carboxylic acids is 2. The lowest BCUT2D eigenvalue weighted by atomic mass is 10.0. The predicted octanol–water partition coefficient (Wildman–Crippen LogP) is 4.77. The van der Waals surface area contributed by atoms with E-state index in [1.165, 1.54) is 11.0 Å². The van der Waals surface area contributed by atoms with Crippen LogP contribution in [-0.2, 0) is 32.6 Å². The minimum atomic E-state index is -3.88. The molecule has 0 aliphatic heterocycles. The second kappa shape index (κ2) is 13.7. The molecule has 0 aliphatic carbocycles. The summed E-state index contributed by atoms with van der Waals surface area (Å²) in [6.45, 7) is 3.52. The van der Waals surface area contributed by atoms with Crippen molar-refractivity contribution in [2.45, 2.75) is 32.9 Å². The van der Waals surface area contributed by atoms with Gasteiger partial charge in [0.25, 0.3) is 0 Å². The van der Waals surface area contributed by atoms with Crippen LogP contribution in [0.25, 0.3) is 0 Å². The van der Waals surface area contributed by atoms with Gasteiger partial charge >= 0.3 is 0 Å². The standard InChI is InChI=1S/C29H33BrFN3O4S/c1-21(2)18-32-29(36)27(16-22-10-5-4-6-11-22)33(19-23-12-7-8-15-26(23)31)28(35)20-34(39(3,37)38)25-14-9-13-24(30)17-25/h4-15,17,21,27H,16,18-20H2,1-3H3,(H,32,36)/t27-/m0/s1. The quantitative estimate of drug-likeness (QED) is 0.317. The van der Waals surface area contributed by atoms with E-state index in [9.17, 15) is 22.4 Å². The first-order valence-electron chi connectivity index (χ1n) is 12.5. The molecule has 3 rings (SSSR count). The molecule has 0 heterocycles. The first-order valence-corrected chi connectivity index (χ1v) is 15.2. The molecule has 2 amide bonds. The summed E-state index contributed by atoms with van der Waals surface area (Å²) in [5.74, 6) is -1.39. The smallest absolute Gasteiger partial charge is 0.244 e. The van der Waals surface area contributed by atoms with Gasteiger partial charge in [-0.25, -0.2) is 12.8 Å². The van der Waals surface area contributed by atoms with Crippen LogP contribution in [0.1, 0.15) is 25.0 Å². The number of nitrogens with zero attached hydrogens (tertiary/aromatic N) is 2. The summed E-state index contributed by atoms with van der Waals surface area (Å²) in [5.41, 5.74) is 1.31. The molecule has 3 aromatic carbocycles. The highest BCUT2D eigenvalue weighted by molar-refractivity contribution is 9.10. The number of benzene rings is 3. The molecule has 0 radical (unpaired) electrons. The number of amides is 2. The van der Waals surface area contributed by atoms with E-state index >= 15 is 0 Å². The van der Waals surface area contributed by atoms with Crippen LogP contribution in [0.15, 0.2) is 83.3 Å². The molecule has 208 valence electrons. The summed E-state index contributed by atoms with van der Waals surface area (Å²) in [6.07, 6.45) is 1.18. The normalized spacial score (nSPS) is 12.2. The van der Waals surface area contributed by atoms with Gasteiger partial charge in [-0.05, 0) is 35.7 Å². The molecule has 0 saturated carbocycles. The van der Waals surface area contributed by atoms with Crippen molar-refractivity contribution in [3.8, 4) is 0 Å². The Labute approximate surface area is 238 Å². The number of hydrogen-bond donors (Lipinski definition) is 1. The van der Waals surface area contributed by atoms with Crippen molar-refractivity contribution in [1.29, 1.82) is 0 Å². The first kappa shape index (κ1) is 30.3. The molecular formula is C29H33BrFN3O4S. The van der Waals surface area contributed by atoms with E-state index in [1.807, 2.05) is 44.2 Å². The highest BCUT2D eigenvalue weighted by atomic mass is 79.9. The van der Waals surface area contributed by atoms with E-state index in [4.69, 9.17) is 0 Å². The van der Waals surface area contributed by atoms with Gasteiger partial charge in [-0.15, -0.1) is 0 Å². The van der Waals surface area contributed by atoms with Crippen molar-refractivity contribution >= 4 is 43.5 Å². The Morgan fingerprint density at radius 1 is 0.974 bits per heavy atom. The molecule has 39 heavy (non-hydrogen) atoms.